The van der Waals surface area contributed by atoms with Crippen LogP contribution in [0.1, 0.15) is 17.3 Å². The molecule has 4 rings (SSSR count). The molecule has 1 unspecified atom stereocenters. The first-order chi connectivity index (χ1) is 13.3. The van der Waals surface area contributed by atoms with E-state index < -0.39 is 11.9 Å². The zero-order valence-electron chi connectivity index (χ0n) is 15.5. The Balaban J connectivity index is 0.000000242. The third-order valence-corrected chi connectivity index (χ3v) is 5.09. The van der Waals surface area contributed by atoms with E-state index in [2.05, 4.69) is 51.9 Å². The molecule has 1 aromatic heterocycles. The van der Waals surface area contributed by atoms with Crippen LogP contribution >= 0.6 is 11.6 Å². The van der Waals surface area contributed by atoms with Crippen LogP contribution in [0.5, 0.6) is 0 Å². The van der Waals surface area contributed by atoms with Gasteiger partial charge in [0.25, 0.3) is 0 Å². The molecule has 0 bridgehead atoms. The van der Waals surface area contributed by atoms with E-state index in [4.69, 9.17) is 21.8 Å². The molecule has 0 saturated carbocycles. The van der Waals surface area contributed by atoms with Gasteiger partial charge in [0.2, 0.25) is 0 Å². The van der Waals surface area contributed by atoms with Crippen LogP contribution in [-0.2, 0) is 16.1 Å². The number of hydrogen-bond acceptors (Lipinski definition) is 4. The molecule has 2 aromatic rings. The normalized spacial score (nSPS) is 18.4. The summed E-state index contributed by atoms with van der Waals surface area (Å²) in [4.78, 5) is 24.0. The van der Waals surface area contributed by atoms with Crippen LogP contribution < -0.4 is 4.90 Å². The lowest BCUT2D eigenvalue weighted by Gasteiger charge is -2.41. The van der Waals surface area contributed by atoms with Crippen molar-refractivity contribution in [1.82, 2.24) is 9.47 Å². The molecule has 2 aliphatic heterocycles. The summed E-state index contributed by atoms with van der Waals surface area (Å²) in [6, 6.07) is 11.1. The molecule has 28 heavy (non-hydrogen) atoms. The number of aromatic nitrogens is 1. The molecule has 0 spiro atoms. The Hall–Kier alpha value is -2.77. The summed E-state index contributed by atoms with van der Waals surface area (Å²) in [7, 11) is 2.20. The predicted molar refractivity (Wildman–Crippen MR) is 107 cm³/mol. The summed E-state index contributed by atoms with van der Waals surface area (Å²) >= 11 is 6.23. The third-order valence-electron chi connectivity index (χ3n) is 4.86. The zero-order chi connectivity index (χ0) is 20.3. The first kappa shape index (κ1) is 20.0. The number of halogens is 1. The van der Waals surface area contributed by atoms with E-state index in [1.807, 2.05) is 6.07 Å². The van der Waals surface area contributed by atoms with E-state index in [1.165, 1.54) is 16.9 Å². The number of benzene rings is 1. The molecular formula is C20H22ClN3O4. The molecule has 1 saturated heterocycles. The van der Waals surface area contributed by atoms with Gasteiger partial charge in [0.05, 0.1) is 6.04 Å². The minimum Gasteiger partial charge on any atom is -0.478 e. The number of carbonyl (C=O) groups is 2. The molecule has 1 aromatic carbocycles. The molecule has 3 heterocycles. The second kappa shape index (κ2) is 8.50. The van der Waals surface area contributed by atoms with Gasteiger partial charge in [0.1, 0.15) is 0 Å². The Kier molecular flexibility index (Phi) is 6.06. The quantitative estimate of drug-likeness (QED) is 0.750. The van der Waals surface area contributed by atoms with Crippen molar-refractivity contribution >= 4 is 29.2 Å². The van der Waals surface area contributed by atoms with E-state index in [0.29, 0.717) is 18.2 Å². The van der Waals surface area contributed by atoms with Gasteiger partial charge in [-0.1, -0.05) is 17.7 Å². The Labute approximate surface area is 168 Å². The number of fused-ring (bicyclic) bond motifs is 5. The highest BCUT2D eigenvalue weighted by Gasteiger charge is 2.32. The number of aliphatic carboxylic acids is 2. The fourth-order valence-corrected chi connectivity index (χ4v) is 3.77. The predicted octanol–water partition coefficient (Wildman–Crippen LogP) is 2.71. The lowest BCUT2D eigenvalue weighted by atomic mass is 10.1. The molecular weight excluding hydrogens is 382 g/mol. The van der Waals surface area contributed by atoms with Crippen LogP contribution in [0.15, 0.2) is 48.7 Å². The maximum atomic E-state index is 9.55. The van der Waals surface area contributed by atoms with E-state index in [-0.39, 0.29) is 0 Å². The van der Waals surface area contributed by atoms with Gasteiger partial charge in [0.15, 0.2) is 0 Å². The summed E-state index contributed by atoms with van der Waals surface area (Å²) in [5.74, 6) is -2.51. The maximum absolute atomic E-state index is 9.55. The van der Waals surface area contributed by atoms with Gasteiger partial charge in [-0.05, 0) is 36.9 Å². The molecule has 2 aliphatic rings. The van der Waals surface area contributed by atoms with Crippen molar-refractivity contribution in [3.05, 3.63) is 65.0 Å². The van der Waals surface area contributed by atoms with Crippen LogP contribution in [-0.4, -0.2) is 58.3 Å². The minimum absolute atomic E-state index is 0.420. The fraction of sp³-hybridized carbons (Fsp3) is 0.300. The van der Waals surface area contributed by atoms with Crippen LogP contribution in [0.2, 0.25) is 5.02 Å². The first-order valence-electron chi connectivity index (χ1n) is 8.87. The van der Waals surface area contributed by atoms with Crippen LogP contribution in [0, 0.1) is 0 Å². The van der Waals surface area contributed by atoms with E-state index >= 15 is 0 Å². The molecule has 7 nitrogen and oxygen atoms in total. The largest absolute Gasteiger partial charge is 0.478 e. The van der Waals surface area contributed by atoms with Gasteiger partial charge in [-0.2, -0.15) is 0 Å². The van der Waals surface area contributed by atoms with Crippen molar-refractivity contribution in [2.75, 3.05) is 31.6 Å². The monoisotopic (exact) mass is 403 g/mol. The number of rotatable bonds is 2. The van der Waals surface area contributed by atoms with Crippen molar-refractivity contribution in [3.63, 3.8) is 0 Å². The van der Waals surface area contributed by atoms with Gasteiger partial charge >= 0.3 is 11.9 Å². The van der Waals surface area contributed by atoms with Crippen molar-refractivity contribution in [2.45, 2.75) is 12.6 Å². The lowest BCUT2D eigenvalue weighted by molar-refractivity contribution is -0.134. The Morgan fingerprint density at radius 2 is 1.86 bits per heavy atom. The number of likely N-dealkylation sites (N-methyl/N-ethyl adjacent to an activating group) is 1. The number of anilines is 1. The van der Waals surface area contributed by atoms with E-state index in [0.717, 1.165) is 31.2 Å². The second-order valence-electron chi connectivity index (χ2n) is 6.82. The van der Waals surface area contributed by atoms with Gasteiger partial charge in [0, 0.05) is 60.9 Å². The molecule has 1 fully saturated rings. The second-order valence-corrected chi connectivity index (χ2v) is 7.25. The molecule has 0 amide bonds. The molecule has 8 heteroatoms. The van der Waals surface area contributed by atoms with Crippen molar-refractivity contribution in [1.29, 1.82) is 0 Å². The van der Waals surface area contributed by atoms with Crippen LogP contribution in [0.4, 0.5) is 5.69 Å². The molecule has 0 radical (unpaired) electrons. The number of piperazine rings is 1. The first-order valence-corrected chi connectivity index (χ1v) is 9.25. The van der Waals surface area contributed by atoms with Crippen LogP contribution in [0.25, 0.3) is 0 Å². The highest BCUT2D eigenvalue weighted by molar-refractivity contribution is 6.30. The fourth-order valence-electron chi connectivity index (χ4n) is 3.60. The number of hydrogen-bond donors (Lipinski definition) is 2. The van der Waals surface area contributed by atoms with Gasteiger partial charge < -0.3 is 24.6 Å². The van der Waals surface area contributed by atoms with Crippen LogP contribution in [0.3, 0.4) is 0 Å². The average Bonchev–Trinajstić information content (AvgIpc) is 3.06. The van der Waals surface area contributed by atoms with Crippen molar-refractivity contribution in [3.8, 4) is 0 Å². The lowest BCUT2D eigenvalue weighted by Crippen LogP contribution is -2.47. The molecule has 2 N–H and O–H groups in total. The smallest absolute Gasteiger partial charge is 0.328 e. The number of carboxylic acid groups (broad SMARTS) is 2. The zero-order valence-corrected chi connectivity index (χ0v) is 16.2. The Bertz CT molecular complexity index is 893. The van der Waals surface area contributed by atoms with Gasteiger partial charge in [-0.3, -0.25) is 0 Å². The maximum Gasteiger partial charge on any atom is 0.328 e. The average molecular weight is 404 g/mol. The SMILES string of the molecule is CN1CCN2c3cc(Cl)ccc3Cn3cccc3C2C1.O=C(O)/C=C\C(=O)O. The highest BCUT2D eigenvalue weighted by Crippen LogP contribution is 2.37. The van der Waals surface area contributed by atoms with Crippen molar-refractivity contribution in [2.24, 2.45) is 0 Å². The summed E-state index contributed by atoms with van der Waals surface area (Å²) in [5.41, 5.74) is 4.07. The summed E-state index contributed by atoms with van der Waals surface area (Å²) in [5, 5.41) is 16.5. The third kappa shape index (κ3) is 4.55. The molecule has 0 aliphatic carbocycles. The number of nitrogens with zero attached hydrogens (tertiary/aromatic N) is 3. The summed E-state index contributed by atoms with van der Waals surface area (Å²) in [6.07, 6.45) is 3.30. The topological polar surface area (TPSA) is 86.0 Å². The van der Waals surface area contributed by atoms with Gasteiger partial charge in [-0.25, -0.2) is 9.59 Å². The molecule has 1 atom stereocenters. The number of carboxylic acids is 2. The minimum atomic E-state index is -1.26. The van der Waals surface area contributed by atoms with E-state index in [9.17, 15) is 9.59 Å². The van der Waals surface area contributed by atoms with Gasteiger partial charge in [-0.15, -0.1) is 0 Å². The Morgan fingerprint density at radius 1 is 1.14 bits per heavy atom. The van der Waals surface area contributed by atoms with Crippen molar-refractivity contribution < 1.29 is 19.8 Å². The molecule has 148 valence electrons. The standard InChI is InChI=1S/C16H18ClN3.C4H4O4/c1-18-7-8-20-15-9-13(17)5-4-12(15)10-19-6-2-3-14(19)16(20)11-18;5-3(6)1-2-4(7)8/h2-6,9,16H,7-8,10-11H2,1H3;1-2H,(H,5,6)(H,7,8)/b;2-1-. The highest BCUT2D eigenvalue weighted by atomic mass is 35.5. The summed E-state index contributed by atoms with van der Waals surface area (Å²) in [6.45, 7) is 4.16. The van der Waals surface area contributed by atoms with E-state index in [1.54, 1.807) is 0 Å². The Morgan fingerprint density at radius 3 is 2.54 bits per heavy atom. The summed E-state index contributed by atoms with van der Waals surface area (Å²) < 4.78 is 2.37.